The SMILES string of the molecule is CCOc1cccc([N+](=O)[O-])c1C(=O)NCCC(=O)OC. The number of benzene rings is 1. The molecule has 0 unspecified atom stereocenters. The van der Waals surface area contributed by atoms with Crippen molar-refractivity contribution >= 4 is 17.6 Å². The zero-order valence-corrected chi connectivity index (χ0v) is 11.8. The van der Waals surface area contributed by atoms with Crippen molar-refractivity contribution in [2.24, 2.45) is 0 Å². The van der Waals surface area contributed by atoms with Gasteiger partial charge in [0.1, 0.15) is 5.75 Å². The Morgan fingerprint density at radius 3 is 2.67 bits per heavy atom. The summed E-state index contributed by atoms with van der Waals surface area (Å²) >= 11 is 0. The Hall–Kier alpha value is -2.64. The van der Waals surface area contributed by atoms with Gasteiger partial charge >= 0.3 is 5.97 Å². The van der Waals surface area contributed by atoms with E-state index in [9.17, 15) is 19.7 Å². The summed E-state index contributed by atoms with van der Waals surface area (Å²) in [4.78, 5) is 33.4. The molecular weight excluding hydrogens is 280 g/mol. The van der Waals surface area contributed by atoms with E-state index in [-0.39, 0.29) is 36.6 Å². The van der Waals surface area contributed by atoms with Gasteiger partial charge in [0.2, 0.25) is 0 Å². The van der Waals surface area contributed by atoms with E-state index < -0.39 is 16.8 Å². The first-order valence-corrected chi connectivity index (χ1v) is 6.26. The Morgan fingerprint density at radius 1 is 1.38 bits per heavy atom. The lowest BCUT2D eigenvalue weighted by atomic mass is 10.1. The van der Waals surface area contributed by atoms with Crippen LogP contribution in [0.4, 0.5) is 5.69 Å². The molecule has 0 spiro atoms. The molecule has 1 aromatic carbocycles. The fourth-order valence-electron chi connectivity index (χ4n) is 1.64. The first kappa shape index (κ1) is 16.4. The van der Waals surface area contributed by atoms with Crippen LogP contribution in [0.2, 0.25) is 0 Å². The average Bonchev–Trinajstić information content (AvgIpc) is 2.46. The molecule has 1 aromatic rings. The van der Waals surface area contributed by atoms with Crippen molar-refractivity contribution in [2.75, 3.05) is 20.3 Å². The molecule has 0 fully saturated rings. The molecule has 0 saturated heterocycles. The highest BCUT2D eigenvalue weighted by molar-refractivity contribution is 6.01. The van der Waals surface area contributed by atoms with Crippen molar-refractivity contribution in [2.45, 2.75) is 13.3 Å². The Labute approximate surface area is 121 Å². The van der Waals surface area contributed by atoms with Crippen LogP contribution < -0.4 is 10.1 Å². The summed E-state index contributed by atoms with van der Waals surface area (Å²) in [5, 5.41) is 13.4. The maximum Gasteiger partial charge on any atom is 0.307 e. The van der Waals surface area contributed by atoms with Gasteiger partial charge in [0.25, 0.3) is 11.6 Å². The Bertz CT molecular complexity index is 543. The van der Waals surface area contributed by atoms with E-state index in [1.54, 1.807) is 6.92 Å². The normalized spacial score (nSPS) is 9.81. The van der Waals surface area contributed by atoms with Crippen LogP contribution in [-0.2, 0) is 9.53 Å². The average molecular weight is 296 g/mol. The molecule has 0 saturated carbocycles. The van der Waals surface area contributed by atoms with E-state index in [2.05, 4.69) is 10.1 Å². The van der Waals surface area contributed by atoms with E-state index >= 15 is 0 Å². The monoisotopic (exact) mass is 296 g/mol. The van der Waals surface area contributed by atoms with Gasteiger partial charge in [-0.1, -0.05) is 6.07 Å². The third-order valence-electron chi connectivity index (χ3n) is 2.57. The molecule has 8 nitrogen and oxygen atoms in total. The highest BCUT2D eigenvalue weighted by Crippen LogP contribution is 2.28. The van der Waals surface area contributed by atoms with Gasteiger partial charge in [-0.3, -0.25) is 19.7 Å². The van der Waals surface area contributed by atoms with Crippen molar-refractivity contribution in [3.8, 4) is 5.75 Å². The lowest BCUT2D eigenvalue weighted by molar-refractivity contribution is -0.385. The molecule has 0 aliphatic heterocycles. The number of methoxy groups -OCH3 is 1. The second-order valence-electron chi connectivity index (χ2n) is 3.92. The number of carbonyl (C=O) groups is 2. The summed E-state index contributed by atoms with van der Waals surface area (Å²) in [5.41, 5.74) is -0.509. The van der Waals surface area contributed by atoms with Gasteiger partial charge in [-0.2, -0.15) is 0 Å². The van der Waals surface area contributed by atoms with Crippen LogP contribution in [0, 0.1) is 10.1 Å². The minimum atomic E-state index is -0.672. The van der Waals surface area contributed by atoms with Crippen LogP contribution in [0.15, 0.2) is 18.2 Å². The second kappa shape index (κ2) is 7.83. The maximum absolute atomic E-state index is 12.1. The van der Waals surface area contributed by atoms with Crippen molar-refractivity contribution in [1.29, 1.82) is 0 Å². The first-order valence-electron chi connectivity index (χ1n) is 6.26. The molecule has 114 valence electrons. The van der Waals surface area contributed by atoms with Crippen LogP contribution in [0.5, 0.6) is 5.75 Å². The number of rotatable bonds is 7. The lowest BCUT2D eigenvalue weighted by Crippen LogP contribution is -2.27. The number of nitrogens with one attached hydrogen (secondary N) is 1. The number of nitrogens with zero attached hydrogens (tertiary/aromatic N) is 1. The van der Waals surface area contributed by atoms with Gasteiger partial charge in [0.05, 0.1) is 25.1 Å². The maximum atomic E-state index is 12.1. The van der Waals surface area contributed by atoms with E-state index in [0.29, 0.717) is 0 Å². The molecule has 0 bridgehead atoms. The number of ether oxygens (including phenoxy) is 2. The zero-order chi connectivity index (χ0) is 15.8. The molecule has 0 atom stereocenters. The zero-order valence-electron chi connectivity index (χ0n) is 11.8. The smallest absolute Gasteiger partial charge is 0.307 e. The number of nitro benzene ring substituents is 1. The standard InChI is InChI=1S/C13H16N2O6/c1-3-21-10-6-4-5-9(15(18)19)12(10)13(17)14-8-7-11(16)20-2/h4-6H,3,7-8H2,1-2H3,(H,14,17). The topological polar surface area (TPSA) is 108 Å². The summed E-state index contributed by atoms with van der Waals surface area (Å²) in [6.45, 7) is 1.99. The quantitative estimate of drug-likeness (QED) is 0.461. The van der Waals surface area contributed by atoms with Gasteiger partial charge in [-0.05, 0) is 13.0 Å². The number of carbonyl (C=O) groups excluding carboxylic acids is 2. The summed E-state index contributed by atoms with van der Waals surface area (Å²) < 4.78 is 9.68. The predicted molar refractivity (Wildman–Crippen MR) is 73.2 cm³/mol. The molecule has 0 aliphatic carbocycles. The highest BCUT2D eigenvalue weighted by Gasteiger charge is 2.24. The number of esters is 1. The van der Waals surface area contributed by atoms with Crippen LogP contribution in [0.3, 0.4) is 0 Å². The van der Waals surface area contributed by atoms with Crippen LogP contribution in [0.1, 0.15) is 23.7 Å². The largest absolute Gasteiger partial charge is 0.493 e. The van der Waals surface area contributed by atoms with E-state index in [1.807, 2.05) is 0 Å². The van der Waals surface area contributed by atoms with Gasteiger partial charge < -0.3 is 14.8 Å². The van der Waals surface area contributed by atoms with Gasteiger partial charge in [-0.25, -0.2) is 0 Å². The molecule has 0 heterocycles. The lowest BCUT2D eigenvalue weighted by Gasteiger charge is -2.10. The second-order valence-corrected chi connectivity index (χ2v) is 3.92. The fourth-order valence-corrected chi connectivity index (χ4v) is 1.64. The minimum Gasteiger partial charge on any atom is -0.493 e. The number of hydrogen-bond acceptors (Lipinski definition) is 6. The third kappa shape index (κ3) is 4.44. The Morgan fingerprint density at radius 2 is 2.10 bits per heavy atom. The molecule has 8 heteroatoms. The van der Waals surface area contributed by atoms with E-state index in [0.717, 1.165) is 0 Å². The minimum absolute atomic E-state index is 0.0170. The van der Waals surface area contributed by atoms with Crippen LogP contribution in [-0.4, -0.2) is 37.1 Å². The van der Waals surface area contributed by atoms with Crippen molar-refractivity contribution in [1.82, 2.24) is 5.32 Å². The van der Waals surface area contributed by atoms with Crippen LogP contribution >= 0.6 is 0 Å². The van der Waals surface area contributed by atoms with E-state index in [4.69, 9.17) is 4.74 Å². The molecule has 1 amide bonds. The summed E-state index contributed by atoms with van der Waals surface area (Å²) in [5.74, 6) is -1.03. The van der Waals surface area contributed by atoms with E-state index in [1.165, 1.54) is 25.3 Å². The third-order valence-corrected chi connectivity index (χ3v) is 2.57. The molecule has 0 aromatic heterocycles. The van der Waals surface area contributed by atoms with Gasteiger partial charge in [0, 0.05) is 12.6 Å². The molecule has 0 aliphatic rings. The number of amides is 1. The fraction of sp³-hybridized carbons (Fsp3) is 0.385. The summed E-state index contributed by atoms with van der Waals surface area (Å²) in [6.07, 6.45) is -0.0210. The van der Waals surface area contributed by atoms with Gasteiger partial charge in [-0.15, -0.1) is 0 Å². The molecular formula is C13H16N2O6. The first-order chi connectivity index (χ1) is 10.0. The summed E-state index contributed by atoms with van der Waals surface area (Å²) in [7, 11) is 1.24. The van der Waals surface area contributed by atoms with Gasteiger partial charge in [0.15, 0.2) is 5.56 Å². The van der Waals surface area contributed by atoms with Crippen molar-refractivity contribution in [3.05, 3.63) is 33.9 Å². The van der Waals surface area contributed by atoms with Crippen molar-refractivity contribution < 1.29 is 24.0 Å². The molecule has 21 heavy (non-hydrogen) atoms. The molecule has 1 rings (SSSR count). The van der Waals surface area contributed by atoms with Crippen molar-refractivity contribution in [3.63, 3.8) is 0 Å². The number of hydrogen-bond donors (Lipinski definition) is 1. The predicted octanol–water partition coefficient (Wildman–Crippen LogP) is 1.29. The molecule has 0 radical (unpaired) electrons. The Kier molecular flexibility index (Phi) is 6.12. The molecule has 1 N–H and O–H groups in total. The number of nitro groups is 1. The Balaban J connectivity index is 2.94. The summed E-state index contributed by atoms with van der Waals surface area (Å²) in [6, 6.07) is 4.14. The van der Waals surface area contributed by atoms with Crippen LogP contribution in [0.25, 0.3) is 0 Å². The highest BCUT2D eigenvalue weighted by atomic mass is 16.6.